The van der Waals surface area contributed by atoms with Gasteiger partial charge in [0, 0.05) is 13.1 Å². The molecule has 0 amide bonds. The lowest BCUT2D eigenvalue weighted by Gasteiger charge is -2.22. The molecule has 0 aromatic heterocycles. The van der Waals surface area contributed by atoms with Gasteiger partial charge in [0.05, 0.1) is 12.7 Å². The molecule has 7 heteroatoms. The van der Waals surface area contributed by atoms with Crippen LogP contribution in [0.1, 0.15) is 42.6 Å². The number of hydrogen-bond acceptors (Lipinski definition) is 4. The second-order valence-corrected chi connectivity index (χ2v) is 6.93. The molecule has 1 aromatic carbocycles. The van der Waals surface area contributed by atoms with E-state index >= 15 is 0 Å². The first-order valence-corrected chi connectivity index (χ1v) is 8.65. The van der Waals surface area contributed by atoms with Gasteiger partial charge in [0.15, 0.2) is 0 Å². The Hall–Kier alpha value is -1.60. The summed E-state index contributed by atoms with van der Waals surface area (Å²) in [7, 11) is -2.42. The zero-order valence-corrected chi connectivity index (χ0v) is 14.2. The van der Waals surface area contributed by atoms with Crippen molar-refractivity contribution in [1.29, 1.82) is 0 Å². The van der Waals surface area contributed by atoms with Gasteiger partial charge < -0.3 is 9.84 Å². The first-order chi connectivity index (χ1) is 10.3. The smallest absolute Gasteiger partial charge is 0.336 e. The number of hydrogen-bond donors (Lipinski definition) is 1. The van der Waals surface area contributed by atoms with E-state index in [1.807, 2.05) is 13.8 Å². The zero-order chi connectivity index (χ0) is 16.9. The molecule has 0 aliphatic rings. The Kier molecular flexibility index (Phi) is 6.37. The van der Waals surface area contributed by atoms with Crippen molar-refractivity contribution >= 4 is 16.0 Å². The van der Waals surface area contributed by atoms with E-state index in [9.17, 15) is 18.3 Å². The second kappa shape index (κ2) is 7.60. The minimum Gasteiger partial charge on any atom is -0.495 e. The maximum Gasteiger partial charge on any atom is 0.336 e. The van der Waals surface area contributed by atoms with Crippen molar-refractivity contribution in [3.63, 3.8) is 0 Å². The van der Waals surface area contributed by atoms with Gasteiger partial charge in [0.2, 0.25) is 10.0 Å². The fourth-order valence-corrected chi connectivity index (χ4v) is 4.03. The summed E-state index contributed by atoms with van der Waals surface area (Å²) in [5.74, 6) is -0.992. The molecule has 1 rings (SSSR count). The van der Waals surface area contributed by atoms with E-state index in [4.69, 9.17) is 4.74 Å². The summed E-state index contributed by atoms with van der Waals surface area (Å²) < 4.78 is 32.2. The van der Waals surface area contributed by atoms with Crippen molar-refractivity contribution in [1.82, 2.24) is 4.31 Å². The van der Waals surface area contributed by atoms with E-state index in [-0.39, 0.29) is 16.2 Å². The van der Waals surface area contributed by atoms with Crippen LogP contribution < -0.4 is 4.74 Å². The highest BCUT2D eigenvalue weighted by atomic mass is 32.2. The lowest BCUT2D eigenvalue weighted by atomic mass is 10.1. The van der Waals surface area contributed by atoms with Crippen LogP contribution in [0, 0.1) is 6.92 Å². The molecule has 124 valence electrons. The summed E-state index contributed by atoms with van der Waals surface area (Å²) in [6, 6.07) is 2.64. The van der Waals surface area contributed by atoms with Gasteiger partial charge in [-0.05, 0) is 37.5 Å². The van der Waals surface area contributed by atoms with Crippen LogP contribution in [-0.4, -0.2) is 44.0 Å². The third-order valence-corrected chi connectivity index (χ3v) is 5.22. The Morgan fingerprint density at radius 3 is 2.18 bits per heavy atom. The molecular weight excluding hydrogens is 306 g/mol. The average molecular weight is 329 g/mol. The van der Waals surface area contributed by atoms with Crippen molar-refractivity contribution in [3.05, 3.63) is 23.3 Å². The Morgan fingerprint density at radius 2 is 1.77 bits per heavy atom. The molecular formula is C15H23NO5S. The molecule has 1 aromatic rings. The van der Waals surface area contributed by atoms with Gasteiger partial charge in [-0.25, -0.2) is 13.2 Å². The van der Waals surface area contributed by atoms with Gasteiger partial charge >= 0.3 is 5.97 Å². The van der Waals surface area contributed by atoms with Gasteiger partial charge in [-0.15, -0.1) is 0 Å². The quantitative estimate of drug-likeness (QED) is 0.792. The third kappa shape index (κ3) is 3.78. The summed E-state index contributed by atoms with van der Waals surface area (Å²) in [6.45, 7) is 6.17. The van der Waals surface area contributed by atoms with Crippen molar-refractivity contribution in [2.45, 2.75) is 38.5 Å². The number of carboxylic acids is 1. The molecule has 0 aliphatic carbocycles. The number of nitrogens with zero attached hydrogens (tertiary/aromatic N) is 1. The van der Waals surface area contributed by atoms with Gasteiger partial charge in [0.25, 0.3) is 0 Å². The minimum absolute atomic E-state index is 0.0349. The molecule has 0 heterocycles. The standard InChI is InChI=1S/C15H23NO5S/c1-5-7-16(8-6-2)22(19,20)14-10-12(15(17)18)11(3)9-13(14)21-4/h9-10H,5-8H2,1-4H3,(H,17,18). The second-order valence-electron chi connectivity index (χ2n) is 5.03. The van der Waals surface area contributed by atoms with Crippen molar-refractivity contribution < 1.29 is 23.1 Å². The molecule has 0 saturated heterocycles. The molecule has 0 spiro atoms. The number of carbonyl (C=O) groups is 1. The van der Waals surface area contributed by atoms with Crippen molar-refractivity contribution in [2.24, 2.45) is 0 Å². The summed E-state index contributed by atoms with van der Waals surface area (Å²) in [5, 5.41) is 9.22. The largest absolute Gasteiger partial charge is 0.495 e. The van der Waals surface area contributed by atoms with E-state index in [1.165, 1.54) is 23.5 Å². The van der Waals surface area contributed by atoms with E-state index in [0.29, 0.717) is 31.5 Å². The third-order valence-electron chi connectivity index (χ3n) is 3.30. The highest BCUT2D eigenvalue weighted by Crippen LogP contribution is 2.30. The molecule has 0 unspecified atom stereocenters. The molecule has 0 radical (unpaired) electrons. The predicted octanol–water partition coefficient (Wildman–Crippen LogP) is 2.51. The van der Waals surface area contributed by atoms with Crippen LogP contribution in [0.5, 0.6) is 5.75 Å². The maximum absolute atomic E-state index is 12.8. The number of ether oxygens (including phenoxy) is 1. The number of sulfonamides is 1. The first-order valence-electron chi connectivity index (χ1n) is 7.21. The van der Waals surface area contributed by atoms with Gasteiger partial charge in [-0.1, -0.05) is 13.8 Å². The number of aryl methyl sites for hydroxylation is 1. The normalized spacial score (nSPS) is 11.7. The van der Waals surface area contributed by atoms with Crippen molar-refractivity contribution in [2.75, 3.05) is 20.2 Å². The highest BCUT2D eigenvalue weighted by Gasteiger charge is 2.28. The fraction of sp³-hybridized carbons (Fsp3) is 0.533. The lowest BCUT2D eigenvalue weighted by molar-refractivity contribution is 0.0695. The van der Waals surface area contributed by atoms with Crippen LogP contribution in [0.2, 0.25) is 0 Å². The number of benzene rings is 1. The molecule has 0 bridgehead atoms. The van der Waals surface area contributed by atoms with Crippen LogP contribution in [0.25, 0.3) is 0 Å². The lowest BCUT2D eigenvalue weighted by Crippen LogP contribution is -2.33. The number of rotatable bonds is 8. The Balaban J connectivity index is 3.50. The summed E-state index contributed by atoms with van der Waals surface area (Å²) in [5.41, 5.74) is 0.424. The van der Waals surface area contributed by atoms with Crippen molar-refractivity contribution in [3.8, 4) is 5.75 Å². The molecule has 22 heavy (non-hydrogen) atoms. The van der Waals surface area contributed by atoms with Gasteiger partial charge in [-0.2, -0.15) is 4.31 Å². The Labute approximate surface area is 131 Å². The summed E-state index contributed by atoms with van der Waals surface area (Å²) >= 11 is 0. The molecule has 0 fully saturated rings. The Morgan fingerprint density at radius 1 is 1.23 bits per heavy atom. The maximum atomic E-state index is 12.8. The minimum atomic E-state index is -3.80. The number of carboxylic acid groups (broad SMARTS) is 1. The van der Waals surface area contributed by atoms with E-state index in [0.717, 1.165) is 0 Å². The average Bonchev–Trinajstić information content (AvgIpc) is 2.45. The monoisotopic (exact) mass is 329 g/mol. The van der Waals surface area contributed by atoms with E-state index in [1.54, 1.807) is 6.92 Å². The SMILES string of the molecule is CCCN(CCC)S(=O)(=O)c1cc(C(=O)O)c(C)cc1OC. The van der Waals surface area contributed by atoms with Crippen LogP contribution in [-0.2, 0) is 10.0 Å². The summed E-state index contributed by atoms with van der Waals surface area (Å²) in [4.78, 5) is 11.2. The summed E-state index contributed by atoms with van der Waals surface area (Å²) in [6.07, 6.45) is 1.36. The Bertz CT molecular complexity index is 634. The zero-order valence-electron chi connectivity index (χ0n) is 13.4. The highest BCUT2D eigenvalue weighted by molar-refractivity contribution is 7.89. The van der Waals surface area contributed by atoms with Gasteiger partial charge in [0.1, 0.15) is 10.6 Å². The predicted molar refractivity (Wildman–Crippen MR) is 84.0 cm³/mol. The number of aromatic carboxylic acids is 1. The first kappa shape index (κ1) is 18.4. The van der Waals surface area contributed by atoms with Crippen LogP contribution in [0.4, 0.5) is 0 Å². The van der Waals surface area contributed by atoms with E-state index < -0.39 is 16.0 Å². The molecule has 1 N–H and O–H groups in total. The van der Waals surface area contributed by atoms with Gasteiger partial charge in [-0.3, -0.25) is 0 Å². The molecule has 0 atom stereocenters. The molecule has 6 nitrogen and oxygen atoms in total. The topological polar surface area (TPSA) is 83.9 Å². The van der Waals surface area contributed by atoms with Crippen LogP contribution >= 0.6 is 0 Å². The van der Waals surface area contributed by atoms with Crippen LogP contribution in [0.15, 0.2) is 17.0 Å². The fourth-order valence-electron chi connectivity index (χ4n) is 2.24. The number of methoxy groups -OCH3 is 1. The van der Waals surface area contributed by atoms with Crippen LogP contribution in [0.3, 0.4) is 0 Å². The molecule has 0 aliphatic heterocycles. The molecule has 0 saturated carbocycles. The van der Waals surface area contributed by atoms with E-state index in [2.05, 4.69) is 0 Å².